The van der Waals surface area contributed by atoms with Gasteiger partial charge in [0.15, 0.2) is 0 Å². The maximum atomic E-state index is 11.9. The molecule has 5 heteroatoms. The van der Waals surface area contributed by atoms with E-state index in [2.05, 4.69) is 15.5 Å². The van der Waals surface area contributed by atoms with Gasteiger partial charge < -0.3 is 5.32 Å². The zero-order chi connectivity index (χ0) is 13.8. The van der Waals surface area contributed by atoms with E-state index < -0.39 is 0 Å². The van der Waals surface area contributed by atoms with Crippen LogP contribution in [-0.4, -0.2) is 10.2 Å². The van der Waals surface area contributed by atoms with Crippen molar-refractivity contribution in [1.29, 1.82) is 0 Å². The summed E-state index contributed by atoms with van der Waals surface area (Å²) in [7, 11) is 0. The average molecular weight is 283 g/mol. The molecule has 0 unspecified atom stereocenters. The van der Waals surface area contributed by atoms with E-state index in [1.54, 1.807) is 0 Å². The highest BCUT2D eigenvalue weighted by molar-refractivity contribution is 7.99. The second kappa shape index (κ2) is 5.71. The number of rotatable bonds is 4. The second-order valence-corrected chi connectivity index (χ2v) is 5.27. The van der Waals surface area contributed by atoms with Crippen molar-refractivity contribution in [3.8, 4) is 0 Å². The Labute approximate surface area is 120 Å². The van der Waals surface area contributed by atoms with Crippen molar-refractivity contribution in [2.45, 2.75) is 9.79 Å². The molecular weight excluding hydrogens is 270 g/mol. The Morgan fingerprint density at radius 2 is 1.50 bits per heavy atom. The smallest absolute Gasteiger partial charge is 0.280 e. The Balaban J connectivity index is 1.88. The van der Waals surface area contributed by atoms with Crippen LogP contribution in [0.2, 0.25) is 0 Å². The number of hydrogen-bond donors (Lipinski definition) is 3. The molecule has 1 aromatic heterocycles. The van der Waals surface area contributed by atoms with Crippen LogP contribution in [0.25, 0.3) is 0 Å². The molecule has 3 aromatic rings. The molecule has 0 amide bonds. The van der Waals surface area contributed by atoms with E-state index in [1.165, 1.54) is 11.8 Å². The Morgan fingerprint density at radius 1 is 0.850 bits per heavy atom. The fraction of sp³-hybridized carbons (Fsp3) is 0. The maximum Gasteiger partial charge on any atom is 0.280 e. The van der Waals surface area contributed by atoms with Crippen LogP contribution in [0.5, 0.6) is 0 Å². The fourth-order valence-corrected chi connectivity index (χ4v) is 2.68. The van der Waals surface area contributed by atoms with Crippen molar-refractivity contribution in [2.75, 3.05) is 5.32 Å². The molecule has 0 fully saturated rings. The topological polar surface area (TPSA) is 60.7 Å². The number of nitrogens with one attached hydrogen (secondary N) is 3. The van der Waals surface area contributed by atoms with Gasteiger partial charge in [0, 0.05) is 10.6 Å². The van der Waals surface area contributed by atoms with Gasteiger partial charge >= 0.3 is 0 Å². The van der Waals surface area contributed by atoms with Crippen molar-refractivity contribution >= 4 is 23.3 Å². The molecule has 100 valence electrons. The highest BCUT2D eigenvalue weighted by Gasteiger charge is 2.11. The third-order valence-corrected chi connectivity index (χ3v) is 3.84. The molecule has 0 aliphatic heterocycles. The van der Waals surface area contributed by atoms with Gasteiger partial charge in [-0.3, -0.25) is 15.0 Å². The first kappa shape index (κ1) is 12.6. The first-order chi connectivity index (χ1) is 9.83. The van der Waals surface area contributed by atoms with Crippen molar-refractivity contribution in [1.82, 2.24) is 10.2 Å². The molecule has 0 aliphatic carbocycles. The number of H-pyrrole nitrogens is 2. The standard InChI is InChI=1S/C15H13N3OS/c19-15-13(20-12-9-5-2-6-10-12)14(17-18-15)16-11-7-3-1-4-8-11/h1-10H,(H3,16,17,18,19). The van der Waals surface area contributed by atoms with Crippen LogP contribution in [0.4, 0.5) is 11.5 Å². The van der Waals surface area contributed by atoms with E-state index in [0.29, 0.717) is 10.7 Å². The van der Waals surface area contributed by atoms with Crippen LogP contribution in [-0.2, 0) is 0 Å². The lowest BCUT2D eigenvalue weighted by molar-refractivity contribution is 1.06. The van der Waals surface area contributed by atoms with E-state index in [9.17, 15) is 4.79 Å². The van der Waals surface area contributed by atoms with Crippen LogP contribution in [0.3, 0.4) is 0 Å². The minimum Gasteiger partial charge on any atom is -0.340 e. The number of aromatic amines is 2. The Kier molecular flexibility index (Phi) is 3.60. The number of benzene rings is 2. The Morgan fingerprint density at radius 3 is 2.20 bits per heavy atom. The predicted molar refractivity (Wildman–Crippen MR) is 81.7 cm³/mol. The summed E-state index contributed by atoms with van der Waals surface area (Å²) in [5, 5.41) is 8.69. The molecule has 0 bridgehead atoms. The molecule has 3 N–H and O–H groups in total. The number of hydrogen-bond acceptors (Lipinski definition) is 3. The SMILES string of the molecule is O=c1[nH][nH]c(Nc2ccccc2)c1Sc1ccccc1. The van der Waals surface area contributed by atoms with Gasteiger partial charge in [0.25, 0.3) is 5.56 Å². The molecule has 0 aliphatic rings. The lowest BCUT2D eigenvalue weighted by Crippen LogP contribution is -2.01. The summed E-state index contributed by atoms with van der Waals surface area (Å²) in [6.07, 6.45) is 0. The van der Waals surface area contributed by atoms with Gasteiger partial charge in [-0.25, -0.2) is 0 Å². The van der Waals surface area contributed by atoms with E-state index in [0.717, 1.165) is 10.6 Å². The molecule has 4 nitrogen and oxygen atoms in total. The zero-order valence-corrected chi connectivity index (χ0v) is 11.4. The first-order valence-corrected chi connectivity index (χ1v) is 7.00. The van der Waals surface area contributed by atoms with E-state index in [-0.39, 0.29) is 5.56 Å². The lowest BCUT2D eigenvalue weighted by Gasteiger charge is -2.05. The number of anilines is 2. The van der Waals surface area contributed by atoms with Crippen molar-refractivity contribution in [3.05, 3.63) is 71.0 Å². The van der Waals surface area contributed by atoms with Crippen LogP contribution in [0.1, 0.15) is 0 Å². The minimum absolute atomic E-state index is 0.128. The highest BCUT2D eigenvalue weighted by atomic mass is 32.2. The van der Waals surface area contributed by atoms with Crippen molar-refractivity contribution < 1.29 is 0 Å². The number of aromatic nitrogens is 2. The molecule has 0 saturated heterocycles. The molecule has 20 heavy (non-hydrogen) atoms. The van der Waals surface area contributed by atoms with Gasteiger partial charge in [-0.15, -0.1) is 0 Å². The van der Waals surface area contributed by atoms with Gasteiger partial charge in [0.2, 0.25) is 0 Å². The van der Waals surface area contributed by atoms with Crippen LogP contribution in [0, 0.1) is 0 Å². The third-order valence-electron chi connectivity index (χ3n) is 2.74. The molecule has 0 atom stereocenters. The van der Waals surface area contributed by atoms with Crippen LogP contribution < -0.4 is 10.9 Å². The van der Waals surface area contributed by atoms with E-state index >= 15 is 0 Å². The molecule has 0 radical (unpaired) electrons. The highest BCUT2D eigenvalue weighted by Crippen LogP contribution is 2.30. The normalized spacial score (nSPS) is 10.4. The summed E-state index contributed by atoms with van der Waals surface area (Å²) >= 11 is 1.43. The van der Waals surface area contributed by atoms with Gasteiger partial charge in [-0.1, -0.05) is 48.2 Å². The molecule has 2 aromatic carbocycles. The largest absolute Gasteiger partial charge is 0.340 e. The summed E-state index contributed by atoms with van der Waals surface area (Å²) in [4.78, 5) is 13.5. The Hall–Kier alpha value is -2.40. The van der Waals surface area contributed by atoms with Crippen LogP contribution in [0.15, 0.2) is 75.2 Å². The summed E-state index contributed by atoms with van der Waals surface area (Å²) in [5.74, 6) is 0.676. The third kappa shape index (κ3) is 2.78. The van der Waals surface area contributed by atoms with E-state index in [1.807, 2.05) is 60.7 Å². The van der Waals surface area contributed by atoms with Gasteiger partial charge in [-0.05, 0) is 24.3 Å². The summed E-state index contributed by atoms with van der Waals surface area (Å²) in [5.41, 5.74) is 0.801. The van der Waals surface area contributed by atoms with Gasteiger partial charge in [0.05, 0.1) is 0 Å². The van der Waals surface area contributed by atoms with Gasteiger partial charge in [-0.2, -0.15) is 0 Å². The zero-order valence-electron chi connectivity index (χ0n) is 10.6. The Bertz CT molecular complexity index is 735. The minimum atomic E-state index is -0.128. The lowest BCUT2D eigenvalue weighted by atomic mass is 10.3. The quantitative estimate of drug-likeness (QED) is 0.685. The monoisotopic (exact) mass is 283 g/mol. The summed E-state index contributed by atoms with van der Waals surface area (Å²) in [6.45, 7) is 0. The maximum absolute atomic E-state index is 11.9. The van der Waals surface area contributed by atoms with Crippen LogP contribution >= 0.6 is 11.8 Å². The number of para-hydroxylation sites is 1. The van der Waals surface area contributed by atoms with Gasteiger partial charge in [0.1, 0.15) is 10.7 Å². The second-order valence-electron chi connectivity index (χ2n) is 4.19. The predicted octanol–water partition coefficient (Wildman–Crippen LogP) is 3.60. The molecular formula is C15H13N3OS. The van der Waals surface area contributed by atoms with E-state index in [4.69, 9.17) is 0 Å². The summed E-state index contributed by atoms with van der Waals surface area (Å²) in [6, 6.07) is 19.5. The molecule has 0 saturated carbocycles. The molecule has 1 heterocycles. The molecule has 3 rings (SSSR count). The fourth-order valence-electron chi connectivity index (χ4n) is 1.80. The first-order valence-electron chi connectivity index (χ1n) is 6.18. The average Bonchev–Trinajstić information content (AvgIpc) is 2.83. The van der Waals surface area contributed by atoms with Crippen molar-refractivity contribution in [2.24, 2.45) is 0 Å². The molecule has 0 spiro atoms. The van der Waals surface area contributed by atoms with Crippen molar-refractivity contribution in [3.63, 3.8) is 0 Å². The summed E-state index contributed by atoms with van der Waals surface area (Å²) < 4.78 is 0.